The maximum atomic E-state index is 14.1. The fraction of sp³-hybridized carbons (Fsp3) is 0.310. The monoisotopic (exact) mass is 520 g/mol. The van der Waals surface area contributed by atoms with Gasteiger partial charge in [0, 0.05) is 12.6 Å². The molecule has 38 heavy (non-hydrogen) atoms. The molecular formula is C29H32N2O7. The quantitative estimate of drug-likeness (QED) is 0.464. The minimum Gasteiger partial charge on any atom is -0.495 e. The first-order chi connectivity index (χ1) is 18.3. The number of hydrogen-bond donors (Lipinski definition) is 1. The van der Waals surface area contributed by atoms with Crippen LogP contribution >= 0.6 is 0 Å². The van der Waals surface area contributed by atoms with Gasteiger partial charge in [0.1, 0.15) is 5.75 Å². The molecule has 0 spiro atoms. The summed E-state index contributed by atoms with van der Waals surface area (Å²) in [7, 11) is 9.33. The van der Waals surface area contributed by atoms with Crippen LogP contribution in [0.5, 0.6) is 28.7 Å². The molecule has 0 bridgehead atoms. The van der Waals surface area contributed by atoms with Gasteiger partial charge in [0.05, 0.1) is 53.2 Å². The van der Waals surface area contributed by atoms with E-state index in [4.69, 9.17) is 23.7 Å². The highest BCUT2D eigenvalue weighted by molar-refractivity contribution is 6.05. The Kier molecular flexibility index (Phi) is 7.66. The van der Waals surface area contributed by atoms with Crippen LogP contribution in [-0.4, -0.2) is 59.3 Å². The third-order valence-electron chi connectivity index (χ3n) is 6.82. The molecule has 9 nitrogen and oxygen atoms in total. The molecule has 0 saturated carbocycles. The molecule has 2 atom stereocenters. The van der Waals surface area contributed by atoms with E-state index in [1.54, 1.807) is 56.5 Å². The number of carbonyl (C=O) groups excluding carboxylic acids is 2. The fourth-order valence-electron chi connectivity index (χ4n) is 4.91. The van der Waals surface area contributed by atoms with E-state index in [2.05, 4.69) is 5.32 Å². The van der Waals surface area contributed by atoms with Gasteiger partial charge in [0.2, 0.25) is 5.91 Å². The largest absolute Gasteiger partial charge is 0.495 e. The highest BCUT2D eigenvalue weighted by Gasteiger charge is 2.44. The second-order valence-corrected chi connectivity index (χ2v) is 8.94. The number of nitrogens with one attached hydrogen (secondary N) is 1. The number of ether oxygens (including phenoxy) is 5. The number of anilines is 1. The lowest BCUT2D eigenvalue weighted by Gasteiger charge is -2.40. The summed E-state index contributed by atoms with van der Waals surface area (Å²) >= 11 is 0. The van der Waals surface area contributed by atoms with Gasteiger partial charge >= 0.3 is 0 Å². The third kappa shape index (κ3) is 4.67. The number of hydrogen-bond acceptors (Lipinski definition) is 7. The zero-order valence-electron chi connectivity index (χ0n) is 22.6. The minimum absolute atomic E-state index is 0.252. The van der Waals surface area contributed by atoms with Gasteiger partial charge in [0.25, 0.3) is 5.91 Å². The van der Waals surface area contributed by atoms with E-state index in [0.29, 0.717) is 51.1 Å². The molecular weight excluding hydrogens is 488 g/mol. The molecule has 1 N–H and O–H groups in total. The van der Waals surface area contributed by atoms with Crippen molar-refractivity contribution in [2.45, 2.75) is 18.9 Å². The Bertz CT molecular complexity index is 1370. The van der Waals surface area contributed by atoms with Crippen LogP contribution in [0.4, 0.5) is 5.69 Å². The summed E-state index contributed by atoms with van der Waals surface area (Å²) in [6.07, 6.45) is 0. The molecule has 3 aromatic rings. The summed E-state index contributed by atoms with van der Waals surface area (Å²) in [6.45, 7) is 1.93. The molecule has 200 valence electrons. The van der Waals surface area contributed by atoms with Crippen LogP contribution in [0.25, 0.3) is 0 Å². The van der Waals surface area contributed by atoms with Crippen molar-refractivity contribution in [3.8, 4) is 28.7 Å². The van der Waals surface area contributed by atoms with Crippen molar-refractivity contribution < 1.29 is 33.3 Å². The average molecular weight is 521 g/mol. The first kappa shape index (κ1) is 26.7. The van der Waals surface area contributed by atoms with Crippen LogP contribution in [0.2, 0.25) is 0 Å². The summed E-state index contributed by atoms with van der Waals surface area (Å²) in [5, 5.41) is 3.04. The Morgan fingerprint density at radius 3 is 1.97 bits per heavy atom. The first-order valence-electron chi connectivity index (χ1n) is 12.0. The molecule has 0 aromatic heterocycles. The maximum Gasteiger partial charge on any atom is 0.254 e. The molecule has 4 rings (SSSR count). The van der Waals surface area contributed by atoms with E-state index >= 15 is 0 Å². The first-order valence-corrected chi connectivity index (χ1v) is 12.0. The lowest BCUT2D eigenvalue weighted by Crippen LogP contribution is -2.44. The summed E-state index contributed by atoms with van der Waals surface area (Å²) in [5.41, 5.74) is 3.08. The number of benzene rings is 3. The van der Waals surface area contributed by atoms with Crippen LogP contribution in [0, 0.1) is 6.92 Å². The van der Waals surface area contributed by atoms with Gasteiger partial charge < -0.3 is 33.9 Å². The Labute approximate surface area is 222 Å². The molecule has 2 amide bonds. The van der Waals surface area contributed by atoms with Gasteiger partial charge in [-0.1, -0.05) is 12.1 Å². The topological polar surface area (TPSA) is 95.6 Å². The number of methoxy groups -OCH3 is 5. The number of likely N-dealkylation sites (N-methyl/N-ethyl adjacent to an activating group) is 1. The molecule has 0 saturated heterocycles. The van der Waals surface area contributed by atoms with Crippen LogP contribution in [0.15, 0.2) is 48.5 Å². The highest BCUT2D eigenvalue weighted by Crippen LogP contribution is 2.47. The van der Waals surface area contributed by atoms with Crippen molar-refractivity contribution in [1.82, 2.24) is 4.90 Å². The lowest BCUT2D eigenvalue weighted by molar-refractivity contribution is -0.119. The van der Waals surface area contributed by atoms with E-state index in [1.807, 2.05) is 25.1 Å². The number of fused-ring (bicyclic) bond motifs is 1. The Morgan fingerprint density at radius 2 is 1.34 bits per heavy atom. The lowest BCUT2D eigenvalue weighted by atomic mass is 9.79. The fourth-order valence-corrected chi connectivity index (χ4v) is 4.91. The zero-order valence-corrected chi connectivity index (χ0v) is 22.6. The smallest absolute Gasteiger partial charge is 0.254 e. The predicted octanol–water partition coefficient (Wildman–Crippen LogP) is 4.59. The molecule has 1 heterocycles. The third-order valence-corrected chi connectivity index (χ3v) is 6.82. The van der Waals surface area contributed by atoms with Gasteiger partial charge in [-0.15, -0.1) is 0 Å². The normalized spacial score (nSPS) is 16.4. The summed E-state index contributed by atoms with van der Waals surface area (Å²) in [5.74, 6) is 0.995. The molecule has 0 radical (unpaired) electrons. The van der Waals surface area contributed by atoms with Crippen LogP contribution in [-0.2, 0) is 4.79 Å². The van der Waals surface area contributed by atoms with Gasteiger partial charge in [-0.25, -0.2) is 0 Å². The molecule has 0 fully saturated rings. The van der Waals surface area contributed by atoms with E-state index in [-0.39, 0.29) is 11.8 Å². The molecule has 0 aliphatic carbocycles. The standard InChI is InChI=1S/C29H32N2O7/c1-16-8-10-21(34-3)20(12-16)30-28(32)26-18-14-24(37-6)25(38-7)15-19(18)29(33)31(2)27(26)17-9-11-22(35-4)23(13-17)36-5/h8-15,26-27H,1-7H3,(H,30,32)/t26-,27-/m1/s1. The van der Waals surface area contributed by atoms with E-state index in [0.717, 1.165) is 5.56 Å². The Balaban J connectivity index is 1.92. The van der Waals surface area contributed by atoms with Crippen molar-refractivity contribution in [2.75, 3.05) is 47.9 Å². The number of nitrogens with zero attached hydrogens (tertiary/aromatic N) is 1. The van der Waals surface area contributed by atoms with E-state index < -0.39 is 12.0 Å². The number of aryl methyl sites for hydroxylation is 1. The van der Waals surface area contributed by atoms with Crippen LogP contribution in [0.3, 0.4) is 0 Å². The summed E-state index contributed by atoms with van der Waals surface area (Å²) in [4.78, 5) is 29.3. The second kappa shape index (κ2) is 10.9. The van der Waals surface area contributed by atoms with Crippen molar-refractivity contribution in [2.24, 2.45) is 0 Å². The van der Waals surface area contributed by atoms with Gasteiger partial charge in [0.15, 0.2) is 23.0 Å². The maximum absolute atomic E-state index is 14.1. The second-order valence-electron chi connectivity index (χ2n) is 8.94. The van der Waals surface area contributed by atoms with Gasteiger partial charge in [-0.2, -0.15) is 0 Å². The number of amides is 2. The molecule has 9 heteroatoms. The minimum atomic E-state index is -0.809. The average Bonchev–Trinajstić information content (AvgIpc) is 2.93. The number of carbonyl (C=O) groups is 2. The Morgan fingerprint density at radius 1 is 0.763 bits per heavy atom. The molecule has 3 aromatic carbocycles. The number of rotatable bonds is 8. The van der Waals surface area contributed by atoms with E-state index in [9.17, 15) is 9.59 Å². The Hall–Kier alpha value is -4.40. The van der Waals surface area contributed by atoms with Crippen LogP contribution in [0.1, 0.15) is 39.0 Å². The molecule has 1 aliphatic heterocycles. The molecule has 1 aliphatic rings. The summed E-state index contributed by atoms with van der Waals surface area (Å²) < 4.78 is 27.4. The summed E-state index contributed by atoms with van der Waals surface area (Å²) in [6, 6.07) is 13.6. The molecule has 0 unspecified atom stereocenters. The zero-order chi connectivity index (χ0) is 27.6. The van der Waals surface area contributed by atoms with Crippen molar-refractivity contribution in [3.63, 3.8) is 0 Å². The van der Waals surface area contributed by atoms with Crippen molar-refractivity contribution >= 4 is 17.5 Å². The van der Waals surface area contributed by atoms with Crippen molar-refractivity contribution in [3.05, 3.63) is 70.8 Å². The highest BCUT2D eigenvalue weighted by atomic mass is 16.5. The van der Waals surface area contributed by atoms with Gasteiger partial charge in [-0.05, 0) is 60.0 Å². The van der Waals surface area contributed by atoms with Crippen molar-refractivity contribution in [1.29, 1.82) is 0 Å². The van der Waals surface area contributed by atoms with Gasteiger partial charge in [-0.3, -0.25) is 9.59 Å². The predicted molar refractivity (Wildman–Crippen MR) is 143 cm³/mol. The SMILES string of the molecule is COc1ccc(C)cc1NC(=O)[C@@H]1c2cc(OC)c(OC)cc2C(=O)N(C)[C@@H]1c1ccc(OC)c(OC)c1. The van der Waals surface area contributed by atoms with E-state index in [1.165, 1.54) is 21.3 Å². The van der Waals surface area contributed by atoms with Crippen LogP contribution < -0.4 is 29.0 Å².